The molecule has 110 valence electrons. The van der Waals surface area contributed by atoms with E-state index in [2.05, 4.69) is 10.6 Å². The van der Waals surface area contributed by atoms with E-state index in [4.69, 9.17) is 0 Å². The van der Waals surface area contributed by atoms with Crippen molar-refractivity contribution in [2.24, 2.45) is 5.41 Å². The van der Waals surface area contributed by atoms with Crippen LogP contribution in [-0.4, -0.2) is 23.1 Å². The van der Waals surface area contributed by atoms with Gasteiger partial charge in [0.2, 0.25) is 0 Å². The van der Waals surface area contributed by atoms with Gasteiger partial charge in [-0.2, -0.15) is 0 Å². The fraction of sp³-hybridized carbons (Fsp3) is 0.467. The molecule has 0 aliphatic carbocycles. The first-order chi connectivity index (χ1) is 9.11. The number of carbonyl (C=O) groups is 2. The van der Waals surface area contributed by atoms with Crippen LogP contribution in [0.15, 0.2) is 18.2 Å². The van der Waals surface area contributed by atoms with Gasteiger partial charge in [-0.1, -0.05) is 38.5 Å². The standard InChI is InChI=1S/C15H22N2O3/c1-9-6-7-11(10(2)8-9)16-14(20)17-12(13(18)19)15(3,4)5/h6-8,12H,1-5H3,(H,18,19)(H2,16,17,20)/t12-/m1/s1. The number of aryl methyl sites for hydroxylation is 2. The van der Waals surface area contributed by atoms with Gasteiger partial charge in [0.15, 0.2) is 0 Å². The fourth-order valence-corrected chi connectivity index (χ4v) is 1.89. The van der Waals surface area contributed by atoms with Gasteiger partial charge in [-0.15, -0.1) is 0 Å². The van der Waals surface area contributed by atoms with Crippen molar-refractivity contribution in [3.63, 3.8) is 0 Å². The van der Waals surface area contributed by atoms with Crippen LogP contribution < -0.4 is 10.6 Å². The highest BCUT2D eigenvalue weighted by Gasteiger charge is 2.32. The molecule has 1 atom stereocenters. The lowest BCUT2D eigenvalue weighted by Gasteiger charge is -2.27. The number of nitrogens with one attached hydrogen (secondary N) is 2. The summed E-state index contributed by atoms with van der Waals surface area (Å²) in [5.41, 5.74) is 2.14. The number of carbonyl (C=O) groups excluding carboxylic acids is 1. The van der Waals surface area contributed by atoms with Crippen LogP contribution in [0.1, 0.15) is 31.9 Å². The molecule has 0 aliphatic rings. The summed E-state index contributed by atoms with van der Waals surface area (Å²) in [6.45, 7) is 9.16. The highest BCUT2D eigenvalue weighted by molar-refractivity contribution is 5.93. The van der Waals surface area contributed by atoms with Gasteiger partial charge in [0.05, 0.1) is 0 Å². The van der Waals surface area contributed by atoms with Gasteiger partial charge >= 0.3 is 12.0 Å². The summed E-state index contributed by atoms with van der Waals surface area (Å²) in [5, 5.41) is 14.4. The van der Waals surface area contributed by atoms with Crippen molar-refractivity contribution >= 4 is 17.7 Å². The van der Waals surface area contributed by atoms with Gasteiger partial charge in [-0.3, -0.25) is 0 Å². The van der Waals surface area contributed by atoms with E-state index in [1.54, 1.807) is 26.8 Å². The van der Waals surface area contributed by atoms with Crippen molar-refractivity contribution in [2.45, 2.75) is 40.7 Å². The number of aliphatic carboxylic acids is 1. The van der Waals surface area contributed by atoms with Gasteiger partial charge in [-0.05, 0) is 30.9 Å². The number of rotatable bonds is 3. The maximum atomic E-state index is 11.9. The summed E-state index contributed by atoms with van der Waals surface area (Å²) >= 11 is 0. The molecule has 2 amide bonds. The first-order valence-corrected chi connectivity index (χ1v) is 6.49. The zero-order valence-corrected chi connectivity index (χ0v) is 12.6. The fourth-order valence-electron chi connectivity index (χ4n) is 1.89. The minimum atomic E-state index is -1.05. The molecule has 1 aromatic carbocycles. The van der Waals surface area contributed by atoms with Crippen molar-refractivity contribution < 1.29 is 14.7 Å². The topological polar surface area (TPSA) is 78.4 Å². The van der Waals surface area contributed by atoms with E-state index in [9.17, 15) is 14.7 Å². The second kappa shape index (κ2) is 5.94. The zero-order valence-electron chi connectivity index (χ0n) is 12.6. The molecule has 1 aromatic rings. The van der Waals surface area contributed by atoms with E-state index < -0.39 is 23.5 Å². The Hall–Kier alpha value is -2.04. The number of hydrogen-bond acceptors (Lipinski definition) is 2. The van der Waals surface area contributed by atoms with Crippen LogP contribution in [0.4, 0.5) is 10.5 Å². The van der Waals surface area contributed by atoms with Gasteiger partial charge in [-0.25, -0.2) is 9.59 Å². The minimum absolute atomic E-state index is 0.515. The molecule has 0 aliphatic heterocycles. The molecule has 0 unspecified atom stereocenters. The van der Waals surface area contributed by atoms with Crippen molar-refractivity contribution in [1.29, 1.82) is 0 Å². The van der Waals surface area contributed by atoms with Gasteiger partial charge in [0.25, 0.3) is 0 Å². The molecule has 0 radical (unpaired) electrons. The van der Waals surface area contributed by atoms with Crippen LogP contribution in [0.2, 0.25) is 0 Å². The predicted molar refractivity (Wildman–Crippen MR) is 78.9 cm³/mol. The Kier molecular flexibility index (Phi) is 4.76. The van der Waals surface area contributed by atoms with Crippen LogP contribution in [0.25, 0.3) is 0 Å². The van der Waals surface area contributed by atoms with E-state index in [0.717, 1.165) is 11.1 Å². The minimum Gasteiger partial charge on any atom is -0.480 e. The zero-order chi connectivity index (χ0) is 15.5. The Balaban J connectivity index is 2.79. The Morgan fingerprint density at radius 1 is 1.20 bits per heavy atom. The SMILES string of the molecule is Cc1ccc(NC(=O)N[C@H](C(=O)O)C(C)(C)C)c(C)c1. The van der Waals surface area contributed by atoms with Crippen molar-refractivity contribution in [3.8, 4) is 0 Å². The van der Waals surface area contributed by atoms with Gasteiger partial charge in [0, 0.05) is 5.69 Å². The molecule has 0 fully saturated rings. The monoisotopic (exact) mass is 278 g/mol. The number of anilines is 1. The second-order valence-corrected chi connectivity index (χ2v) is 6.05. The molecule has 0 bridgehead atoms. The summed E-state index contributed by atoms with van der Waals surface area (Å²) in [4.78, 5) is 23.1. The third kappa shape index (κ3) is 4.26. The van der Waals surface area contributed by atoms with Crippen molar-refractivity contribution in [1.82, 2.24) is 5.32 Å². The summed E-state index contributed by atoms with van der Waals surface area (Å²) < 4.78 is 0. The van der Waals surface area contributed by atoms with Gasteiger partial charge in [0.1, 0.15) is 6.04 Å². The summed E-state index contributed by atoms with van der Waals surface area (Å²) in [5.74, 6) is -1.05. The quantitative estimate of drug-likeness (QED) is 0.795. The number of amides is 2. The largest absolute Gasteiger partial charge is 0.480 e. The molecule has 0 spiro atoms. The van der Waals surface area contributed by atoms with E-state index in [1.807, 2.05) is 26.0 Å². The lowest BCUT2D eigenvalue weighted by Crippen LogP contribution is -2.50. The van der Waals surface area contributed by atoms with Crippen LogP contribution in [0.3, 0.4) is 0 Å². The molecule has 5 nitrogen and oxygen atoms in total. The molecule has 0 aromatic heterocycles. The molecule has 20 heavy (non-hydrogen) atoms. The molecule has 1 rings (SSSR count). The van der Waals surface area contributed by atoms with Crippen LogP contribution in [-0.2, 0) is 4.79 Å². The first-order valence-electron chi connectivity index (χ1n) is 6.49. The predicted octanol–water partition coefficient (Wildman–Crippen LogP) is 2.92. The molecule has 0 saturated heterocycles. The first kappa shape index (κ1) is 16.0. The van der Waals surface area contributed by atoms with E-state index in [-0.39, 0.29) is 0 Å². The highest BCUT2D eigenvalue weighted by atomic mass is 16.4. The Labute approximate surface area is 119 Å². The number of benzene rings is 1. The molecular formula is C15H22N2O3. The average Bonchev–Trinajstić information content (AvgIpc) is 2.28. The lowest BCUT2D eigenvalue weighted by molar-refractivity contribution is -0.141. The summed E-state index contributed by atoms with van der Waals surface area (Å²) in [7, 11) is 0. The van der Waals surface area contributed by atoms with Crippen LogP contribution in [0.5, 0.6) is 0 Å². The second-order valence-electron chi connectivity index (χ2n) is 6.05. The van der Waals surface area contributed by atoms with E-state index >= 15 is 0 Å². The smallest absolute Gasteiger partial charge is 0.326 e. The van der Waals surface area contributed by atoms with Crippen LogP contribution in [0, 0.1) is 19.3 Å². The third-order valence-electron chi connectivity index (χ3n) is 3.02. The molecule has 0 saturated carbocycles. The number of hydrogen-bond donors (Lipinski definition) is 3. The lowest BCUT2D eigenvalue weighted by atomic mass is 9.87. The van der Waals surface area contributed by atoms with Gasteiger partial charge < -0.3 is 15.7 Å². The van der Waals surface area contributed by atoms with Crippen molar-refractivity contribution in [3.05, 3.63) is 29.3 Å². The molecular weight excluding hydrogens is 256 g/mol. The molecule has 3 N–H and O–H groups in total. The summed E-state index contributed by atoms with van der Waals surface area (Å²) in [6, 6.07) is 4.18. The Morgan fingerprint density at radius 2 is 1.80 bits per heavy atom. The number of carboxylic acids is 1. The van der Waals surface area contributed by atoms with E-state index in [0.29, 0.717) is 5.69 Å². The third-order valence-corrected chi connectivity index (χ3v) is 3.02. The molecule has 5 heteroatoms. The Morgan fingerprint density at radius 3 is 2.25 bits per heavy atom. The highest BCUT2D eigenvalue weighted by Crippen LogP contribution is 2.20. The normalized spacial score (nSPS) is 12.7. The number of urea groups is 1. The van der Waals surface area contributed by atoms with E-state index in [1.165, 1.54) is 0 Å². The Bertz CT molecular complexity index is 518. The maximum Gasteiger partial charge on any atom is 0.326 e. The maximum absolute atomic E-state index is 11.9. The van der Waals surface area contributed by atoms with Crippen LogP contribution >= 0.6 is 0 Å². The number of carboxylic acid groups (broad SMARTS) is 1. The van der Waals surface area contributed by atoms with Crippen molar-refractivity contribution in [2.75, 3.05) is 5.32 Å². The average molecular weight is 278 g/mol. The molecule has 0 heterocycles. The summed E-state index contributed by atoms with van der Waals surface area (Å²) in [6.07, 6.45) is 0.